The molecule has 2 aliphatic heterocycles. The fraction of sp³-hybridized carbons (Fsp3) is 0.304. The Morgan fingerprint density at radius 3 is 2.84 bits per heavy atom. The summed E-state index contributed by atoms with van der Waals surface area (Å²) in [6.07, 6.45) is 5.70. The number of benzene rings is 1. The maximum atomic E-state index is 9.96. The fourth-order valence-corrected chi connectivity index (χ4v) is 6.04. The van der Waals surface area contributed by atoms with E-state index in [2.05, 4.69) is 44.6 Å². The number of aromatic hydroxyl groups is 1. The van der Waals surface area contributed by atoms with Crippen molar-refractivity contribution in [3.63, 3.8) is 0 Å². The molecule has 0 amide bonds. The van der Waals surface area contributed by atoms with Gasteiger partial charge < -0.3 is 15.3 Å². The number of halogens is 1. The minimum absolute atomic E-state index is 0.166. The van der Waals surface area contributed by atoms with Crippen LogP contribution in [0.4, 0.5) is 5.69 Å². The minimum Gasteiger partial charge on any atom is -0.493 e. The predicted molar refractivity (Wildman–Crippen MR) is 125 cm³/mol. The smallest absolute Gasteiger partial charge is 0.209 e. The highest BCUT2D eigenvalue weighted by atomic mass is 35.5. The fourth-order valence-electron chi connectivity index (χ4n) is 4.67. The van der Waals surface area contributed by atoms with Crippen LogP contribution in [0.5, 0.6) is 5.88 Å². The van der Waals surface area contributed by atoms with Crippen molar-refractivity contribution < 1.29 is 5.11 Å². The lowest BCUT2D eigenvalue weighted by molar-refractivity contribution is 0.406. The Labute approximate surface area is 189 Å². The molecule has 0 atom stereocenters. The number of hydrogen-bond acceptors (Lipinski definition) is 6. The molecule has 0 bridgehead atoms. The normalized spacial score (nSPS) is 16.5. The topological polar surface area (TPSA) is 66.2 Å². The molecule has 6 rings (SSSR count). The average Bonchev–Trinajstić information content (AvgIpc) is 3.31. The molecule has 0 radical (unpaired) electrons. The first-order valence-corrected chi connectivity index (χ1v) is 11.7. The average molecular weight is 452 g/mol. The number of aromatic nitrogens is 3. The Morgan fingerprint density at radius 1 is 1.16 bits per heavy atom. The maximum Gasteiger partial charge on any atom is 0.209 e. The quantitative estimate of drug-likeness (QED) is 0.484. The van der Waals surface area contributed by atoms with Crippen LogP contribution in [-0.2, 0) is 13.0 Å². The van der Waals surface area contributed by atoms with Gasteiger partial charge in [0.05, 0.1) is 29.0 Å². The summed E-state index contributed by atoms with van der Waals surface area (Å²) in [5.74, 6) is 0.166. The van der Waals surface area contributed by atoms with E-state index in [-0.39, 0.29) is 5.88 Å². The summed E-state index contributed by atoms with van der Waals surface area (Å²) >= 11 is 8.30. The van der Waals surface area contributed by atoms with Gasteiger partial charge >= 0.3 is 0 Å². The van der Waals surface area contributed by atoms with E-state index >= 15 is 0 Å². The van der Waals surface area contributed by atoms with Gasteiger partial charge in [-0.15, -0.1) is 11.3 Å². The van der Waals surface area contributed by atoms with Gasteiger partial charge in [0.15, 0.2) is 0 Å². The summed E-state index contributed by atoms with van der Waals surface area (Å²) in [6.45, 7) is 3.66. The molecule has 4 aromatic rings. The Bertz CT molecular complexity index is 1280. The lowest BCUT2D eigenvalue weighted by atomic mass is 9.92. The van der Waals surface area contributed by atoms with E-state index < -0.39 is 0 Å². The third-order valence-corrected chi connectivity index (χ3v) is 7.60. The molecule has 1 fully saturated rings. The van der Waals surface area contributed by atoms with Gasteiger partial charge in [-0.05, 0) is 42.7 Å². The Morgan fingerprint density at radius 2 is 2.06 bits per heavy atom. The minimum atomic E-state index is 0.166. The number of rotatable bonds is 4. The summed E-state index contributed by atoms with van der Waals surface area (Å²) < 4.78 is 2.74. The van der Waals surface area contributed by atoms with Gasteiger partial charge in [0, 0.05) is 58.6 Å². The third kappa shape index (κ3) is 3.28. The van der Waals surface area contributed by atoms with E-state index in [1.807, 2.05) is 6.20 Å². The van der Waals surface area contributed by atoms with E-state index in [1.54, 1.807) is 28.3 Å². The summed E-state index contributed by atoms with van der Waals surface area (Å²) in [6, 6.07) is 10.6. The Kier molecular flexibility index (Phi) is 4.63. The van der Waals surface area contributed by atoms with E-state index in [0.717, 1.165) is 52.6 Å². The van der Waals surface area contributed by atoms with Crippen LogP contribution in [0.2, 0.25) is 5.02 Å². The summed E-state index contributed by atoms with van der Waals surface area (Å²) in [4.78, 5) is 8.29. The van der Waals surface area contributed by atoms with Crippen molar-refractivity contribution in [2.75, 3.05) is 24.5 Å². The van der Waals surface area contributed by atoms with E-state index in [4.69, 9.17) is 11.6 Å². The van der Waals surface area contributed by atoms with Crippen molar-refractivity contribution in [2.45, 2.75) is 25.4 Å². The number of aryl methyl sites for hydroxylation is 1. The Balaban J connectivity index is 1.49. The second kappa shape index (κ2) is 7.51. The molecule has 3 aromatic heterocycles. The third-order valence-electron chi connectivity index (χ3n) is 6.24. The first kappa shape index (κ1) is 19.1. The van der Waals surface area contributed by atoms with Crippen LogP contribution in [0.15, 0.2) is 42.7 Å². The lowest BCUT2D eigenvalue weighted by Crippen LogP contribution is -2.58. The number of anilines is 1. The van der Waals surface area contributed by atoms with Crippen molar-refractivity contribution in [3.8, 4) is 17.0 Å². The largest absolute Gasteiger partial charge is 0.493 e. The lowest BCUT2D eigenvalue weighted by Gasteiger charge is -2.44. The molecule has 2 aliphatic rings. The van der Waals surface area contributed by atoms with Crippen LogP contribution in [0.1, 0.15) is 16.9 Å². The molecule has 0 spiro atoms. The van der Waals surface area contributed by atoms with Gasteiger partial charge in [0.25, 0.3) is 0 Å². The molecular weight excluding hydrogens is 430 g/mol. The molecule has 8 heteroatoms. The number of fused-ring (bicyclic) bond motifs is 2. The van der Waals surface area contributed by atoms with Gasteiger partial charge in [-0.25, -0.2) is 4.68 Å². The highest BCUT2D eigenvalue weighted by Crippen LogP contribution is 2.44. The highest BCUT2D eigenvalue weighted by molar-refractivity contribution is 7.19. The summed E-state index contributed by atoms with van der Waals surface area (Å²) in [5, 5.41) is 18.4. The van der Waals surface area contributed by atoms with Gasteiger partial charge in [-0.3, -0.25) is 4.98 Å². The van der Waals surface area contributed by atoms with Crippen LogP contribution in [-0.4, -0.2) is 45.5 Å². The van der Waals surface area contributed by atoms with Gasteiger partial charge in [-0.2, -0.15) is 5.10 Å². The molecule has 0 aliphatic carbocycles. The van der Waals surface area contributed by atoms with E-state index in [0.29, 0.717) is 12.6 Å². The molecule has 2 N–H and O–H groups in total. The Hall–Kier alpha value is -2.61. The SMILES string of the molecule is Oc1ccnn1Cc1cc2nccc(-c3cc(Cl)cc4c3N(C3CNC3)CCC4)c2s1. The molecule has 0 unspecified atom stereocenters. The number of thiophene rings is 1. The predicted octanol–water partition coefficient (Wildman–Crippen LogP) is 4.29. The molecule has 31 heavy (non-hydrogen) atoms. The number of nitrogens with one attached hydrogen (secondary N) is 1. The van der Waals surface area contributed by atoms with Crippen LogP contribution >= 0.6 is 22.9 Å². The number of nitrogens with zero attached hydrogens (tertiary/aromatic N) is 4. The molecule has 6 nitrogen and oxygen atoms in total. The van der Waals surface area contributed by atoms with E-state index in [9.17, 15) is 5.11 Å². The zero-order valence-electron chi connectivity index (χ0n) is 16.9. The standard InChI is InChI=1S/C23H22ClN5OS/c24-15-8-14-2-1-7-28(16-11-25-12-16)22(14)19(9-15)18-3-5-26-20-10-17(31-23(18)20)13-29-21(30)4-6-27-29/h3-6,8-10,16,25,30H,1-2,7,11-13H2. The van der Waals surface area contributed by atoms with Crippen molar-refractivity contribution in [1.82, 2.24) is 20.1 Å². The monoisotopic (exact) mass is 451 g/mol. The zero-order chi connectivity index (χ0) is 20.9. The maximum absolute atomic E-state index is 9.96. The molecule has 5 heterocycles. The molecule has 0 saturated carbocycles. The van der Waals surface area contributed by atoms with Crippen molar-refractivity contribution >= 4 is 38.8 Å². The second-order valence-electron chi connectivity index (χ2n) is 8.20. The molecular formula is C23H22ClN5OS. The van der Waals surface area contributed by atoms with Crippen molar-refractivity contribution in [3.05, 3.63) is 58.2 Å². The first-order valence-electron chi connectivity index (χ1n) is 10.6. The van der Waals surface area contributed by atoms with Crippen LogP contribution < -0.4 is 10.2 Å². The van der Waals surface area contributed by atoms with Crippen LogP contribution in [0.3, 0.4) is 0 Å². The van der Waals surface area contributed by atoms with Gasteiger partial charge in [0.2, 0.25) is 5.88 Å². The number of pyridine rings is 1. The molecule has 1 aromatic carbocycles. The van der Waals surface area contributed by atoms with Gasteiger partial charge in [0.1, 0.15) is 0 Å². The zero-order valence-corrected chi connectivity index (χ0v) is 18.5. The summed E-state index contributed by atoms with van der Waals surface area (Å²) in [5.41, 5.74) is 5.99. The summed E-state index contributed by atoms with van der Waals surface area (Å²) in [7, 11) is 0. The molecule has 158 valence electrons. The van der Waals surface area contributed by atoms with E-state index in [1.165, 1.54) is 22.4 Å². The first-order chi connectivity index (χ1) is 15.2. The number of hydrogen-bond donors (Lipinski definition) is 2. The van der Waals surface area contributed by atoms with Crippen LogP contribution in [0.25, 0.3) is 21.3 Å². The van der Waals surface area contributed by atoms with Crippen molar-refractivity contribution in [2.24, 2.45) is 0 Å². The van der Waals surface area contributed by atoms with Crippen LogP contribution in [0, 0.1) is 0 Å². The highest BCUT2D eigenvalue weighted by Gasteiger charge is 2.31. The second-order valence-corrected chi connectivity index (χ2v) is 9.78. The van der Waals surface area contributed by atoms with Gasteiger partial charge in [-0.1, -0.05) is 11.6 Å². The van der Waals surface area contributed by atoms with Crippen molar-refractivity contribution in [1.29, 1.82) is 0 Å². The molecule has 1 saturated heterocycles.